The van der Waals surface area contributed by atoms with Crippen LogP contribution in [0, 0.1) is 0 Å². The molecule has 3 rings (SSSR count). The second kappa shape index (κ2) is 4.74. The van der Waals surface area contributed by atoms with Crippen molar-refractivity contribution in [1.29, 1.82) is 0 Å². The highest BCUT2D eigenvalue weighted by molar-refractivity contribution is 6.30. The van der Waals surface area contributed by atoms with E-state index in [1.807, 2.05) is 36.4 Å². The van der Waals surface area contributed by atoms with Gasteiger partial charge in [-0.05, 0) is 29.8 Å². The fourth-order valence-corrected chi connectivity index (χ4v) is 2.09. The predicted molar refractivity (Wildman–Crippen MR) is 74.6 cm³/mol. The maximum atomic E-state index is 6.00. The molecule has 5 heteroatoms. The predicted octanol–water partition coefficient (Wildman–Crippen LogP) is 3.64. The number of nitrogen functional groups attached to an aromatic ring is 1. The van der Waals surface area contributed by atoms with Crippen LogP contribution < -0.4 is 5.73 Å². The summed E-state index contributed by atoms with van der Waals surface area (Å²) in [5.74, 6) is 0.253. The number of hydrogen-bond acceptors (Lipinski definition) is 4. The van der Waals surface area contributed by atoms with E-state index < -0.39 is 0 Å². The van der Waals surface area contributed by atoms with Gasteiger partial charge >= 0.3 is 0 Å². The highest BCUT2D eigenvalue weighted by atomic mass is 35.5. The van der Waals surface area contributed by atoms with Crippen molar-refractivity contribution in [1.82, 2.24) is 10.1 Å². The molecule has 0 saturated carbocycles. The average Bonchev–Trinajstić information content (AvgIpc) is 2.82. The van der Waals surface area contributed by atoms with E-state index in [0.717, 1.165) is 5.56 Å². The molecular formula is C14H10ClN3O. The van der Waals surface area contributed by atoms with Crippen LogP contribution in [0.2, 0.25) is 5.02 Å². The standard InChI is InChI=1S/C14H10ClN3O/c15-10-5-3-4-9(8-10)12-13(18-19-14(12)16)11-6-1-2-7-17-11/h1-8H,16H2. The Kier molecular flexibility index (Phi) is 2.93. The van der Waals surface area contributed by atoms with Gasteiger partial charge in [0.25, 0.3) is 0 Å². The fraction of sp³-hybridized carbons (Fsp3) is 0. The normalized spacial score (nSPS) is 10.6. The zero-order valence-corrected chi connectivity index (χ0v) is 10.6. The van der Waals surface area contributed by atoms with Gasteiger partial charge in [0.2, 0.25) is 5.88 Å². The Morgan fingerprint density at radius 2 is 2.00 bits per heavy atom. The molecule has 0 atom stereocenters. The summed E-state index contributed by atoms with van der Waals surface area (Å²) in [4.78, 5) is 4.26. The lowest BCUT2D eigenvalue weighted by atomic mass is 10.0. The second-order valence-corrected chi connectivity index (χ2v) is 4.43. The van der Waals surface area contributed by atoms with E-state index in [9.17, 15) is 0 Å². The molecule has 0 saturated heterocycles. The van der Waals surface area contributed by atoms with Crippen LogP contribution in [0.3, 0.4) is 0 Å². The van der Waals surface area contributed by atoms with E-state index in [1.54, 1.807) is 12.3 Å². The van der Waals surface area contributed by atoms with Gasteiger partial charge in [-0.25, -0.2) is 0 Å². The van der Waals surface area contributed by atoms with E-state index >= 15 is 0 Å². The van der Waals surface area contributed by atoms with Crippen molar-refractivity contribution in [2.75, 3.05) is 5.73 Å². The summed E-state index contributed by atoms with van der Waals surface area (Å²) in [5.41, 5.74) is 8.74. The Balaban J connectivity index is 2.20. The van der Waals surface area contributed by atoms with Crippen LogP contribution in [-0.2, 0) is 0 Å². The first-order valence-electron chi connectivity index (χ1n) is 5.68. The number of hydrogen-bond donors (Lipinski definition) is 1. The number of rotatable bonds is 2. The van der Waals surface area contributed by atoms with Crippen molar-refractivity contribution < 1.29 is 4.52 Å². The van der Waals surface area contributed by atoms with Crippen molar-refractivity contribution in [3.8, 4) is 22.5 Å². The fourth-order valence-electron chi connectivity index (χ4n) is 1.90. The Bertz CT molecular complexity index is 710. The molecule has 1 aromatic carbocycles. The molecule has 0 aliphatic rings. The molecule has 0 aliphatic carbocycles. The molecule has 0 bridgehead atoms. The van der Waals surface area contributed by atoms with Gasteiger partial charge in [0.05, 0.1) is 11.3 Å². The van der Waals surface area contributed by atoms with Gasteiger partial charge < -0.3 is 10.3 Å². The van der Waals surface area contributed by atoms with Crippen LogP contribution in [0.25, 0.3) is 22.5 Å². The summed E-state index contributed by atoms with van der Waals surface area (Å²) >= 11 is 6.00. The lowest BCUT2D eigenvalue weighted by Gasteiger charge is -2.02. The molecule has 94 valence electrons. The average molecular weight is 272 g/mol. The number of nitrogens with zero attached hydrogens (tertiary/aromatic N) is 2. The number of pyridine rings is 1. The van der Waals surface area contributed by atoms with Crippen LogP contribution in [-0.4, -0.2) is 10.1 Å². The van der Waals surface area contributed by atoms with E-state index in [4.69, 9.17) is 21.9 Å². The van der Waals surface area contributed by atoms with E-state index in [-0.39, 0.29) is 5.88 Å². The number of anilines is 1. The highest BCUT2D eigenvalue weighted by Crippen LogP contribution is 2.36. The lowest BCUT2D eigenvalue weighted by molar-refractivity contribution is 0.439. The zero-order valence-electron chi connectivity index (χ0n) is 9.88. The van der Waals surface area contributed by atoms with Gasteiger partial charge in [0.15, 0.2) is 0 Å². The third kappa shape index (κ3) is 2.18. The van der Waals surface area contributed by atoms with Gasteiger partial charge in [-0.15, -0.1) is 0 Å². The molecule has 2 aromatic heterocycles. The van der Waals surface area contributed by atoms with Crippen LogP contribution in [0.4, 0.5) is 5.88 Å². The quantitative estimate of drug-likeness (QED) is 0.773. The van der Waals surface area contributed by atoms with Crippen LogP contribution in [0.5, 0.6) is 0 Å². The summed E-state index contributed by atoms with van der Waals surface area (Å²) in [6, 6.07) is 13.0. The van der Waals surface area contributed by atoms with E-state index in [1.165, 1.54) is 0 Å². The summed E-state index contributed by atoms with van der Waals surface area (Å²) in [6.45, 7) is 0. The molecule has 19 heavy (non-hydrogen) atoms. The minimum absolute atomic E-state index is 0.253. The molecule has 0 unspecified atom stereocenters. The van der Waals surface area contributed by atoms with E-state index in [2.05, 4.69) is 10.1 Å². The minimum Gasteiger partial charge on any atom is -0.367 e. The third-order valence-electron chi connectivity index (χ3n) is 2.74. The molecule has 0 fully saturated rings. The smallest absolute Gasteiger partial charge is 0.230 e. The first kappa shape index (κ1) is 11.7. The third-order valence-corrected chi connectivity index (χ3v) is 2.97. The van der Waals surface area contributed by atoms with Crippen molar-refractivity contribution >= 4 is 17.5 Å². The van der Waals surface area contributed by atoms with Gasteiger partial charge in [0, 0.05) is 11.2 Å². The Labute approximate surface area is 114 Å². The van der Waals surface area contributed by atoms with E-state index in [0.29, 0.717) is 22.0 Å². The topological polar surface area (TPSA) is 64.9 Å². The molecule has 0 amide bonds. The molecule has 0 aliphatic heterocycles. The van der Waals surface area contributed by atoms with Crippen LogP contribution in [0.1, 0.15) is 0 Å². The maximum Gasteiger partial charge on any atom is 0.230 e. The Morgan fingerprint density at radius 3 is 2.74 bits per heavy atom. The minimum atomic E-state index is 0.253. The summed E-state index contributed by atoms with van der Waals surface area (Å²) in [5, 5.41) is 4.62. The number of aromatic nitrogens is 2. The number of halogens is 1. The van der Waals surface area contributed by atoms with Gasteiger partial charge in [-0.2, -0.15) is 0 Å². The summed E-state index contributed by atoms with van der Waals surface area (Å²) in [6.07, 6.45) is 1.70. The van der Waals surface area contributed by atoms with Crippen molar-refractivity contribution in [2.24, 2.45) is 0 Å². The zero-order chi connectivity index (χ0) is 13.2. The second-order valence-electron chi connectivity index (χ2n) is 4.00. The Hall–Kier alpha value is -2.33. The summed E-state index contributed by atoms with van der Waals surface area (Å²) < 4.78 is 5.09. The Morgan fingerprint density at radius 1 is 1.11 bits per heavy atom. The largest absolute Gasteiger partial charge is 0.367 e. The van der Waals surface area contributed by atoms with Crippen molar-refractivity contribution in [3.05, 3.63) is 53.7 Å². The number of benzene rings is 1. The van der Waals surface area contributed by atoms with Gasteiger partial charge in [-0.3, -0.25) is 4.98 Å². The molecule has 2 heterocycles. The maximum absolute atomic E-state index is 6.00. The van der Waals surface area contributed by atoms with Crippen molar-refractivity contribution in [3.63, 3.8) is 0 Å². The highest BCUT2D eigenvalue weighted by Gasteiger charge is 2.18. The van der Waals surface area contributed by atoms with Gasteiger partial charge in [0.1, 0.15) is 5.69 Å². The molecule has 0 radical (unpaired) electrons. The monoisotopic (exact) mass is 271 g/mol. The van der Waals surface area contributed by atoms with Crippen molar-refractivity contribution in [2.45, 2.75) is 0 Å². The first-order valence-corrected chi connectivity index (χ1v) is 6.06. The molecule has 3 aromatic rings. The first-order chi connectivity index (χ1) is 9.25. The van der Waals surface area contributed by atoms with Gasteiger partial charge in [-0.1, -0.05) is 35.0 Å². The molecule has 4 nitrogen and oxygen atoms in total. The SMILES string of the molecule is Nc1onc(-c2ccccn2)c1-c1cccc(Cl)c1. The van der Waals surface area contributed by atoms with Crippen LogP contribution in [0.15, 0.2) is 53.2 Å². The number of nitrogens with two attached hydrogens (primary N) is 1. The summed E-state index contributed by atoms with van der Waals surface area (Å²) in [7, 11) is 0. The van der Waals surface area contributed by atoms with Crippen LogP contribution >= 0.6 is 11.6 Å². The lowest BCUT2D eigenvalue weighted by Crippen LogP contribution is -1.89. The molecule has 2 N–H and O–H groups in total. The molecule has 0 spiro atoms. The molecular weight excluding hydrogens is 262 g/mol.